The van der Waals surface area contributed by atoms with Gasteiger partial charge in [0, 0.05) is 18.8 Å². The second kappa shape index (κ2) is 5.84. The summed E-state index contributed by atoms with van der Waals surface area (Å²) < 4.78 is 5.23. The number of carbonyl (C=O) groups is 2. The SMILES string of the molecule is CCCOCC(=O)N1CC(C(=O)O)c2ccccc21. The molecule has 1 atom stereocenters. The number of fused-ring (bicyclic) bond motifs is 1. The number of hydrogen-bond acceptors (Lipinski definition) is 3. The number of carboxylic acid groups (broad SMARTS) is 1. The second-order valence-electron chi connectivity index (χ2n) is 4.51. The van der Waals surface area contributed by atoms with E-state index in [-0.39, 0.29) is 19.1 Å². The van der Waals surface area contributed by atoms with Crippen LogP contribution in [-0.4, -0.2) is 36.7 Å². The molecule has 1 N–H and O–H groups in total. The summed E-state index contributed by atoms with van der Waals surface area (Å²) >= 11 is 0. The van der Waals surface area contributed by atoms with Crippen LogP contribution in [-0.2, 0) is 14.3 Å². The monoisotopic (exact) mass is 263 g/mol. The van der Waals surface area contributed by atoms with Gasteiger partial charge in [-0.05, 0) is 18.1 Å². The number of benzene rings is 1. The summed E-state index contributed by atoms with van der Waals surface area (Å²) in [7, 11) is 0. The van der Waals surface area contributed by atoms with Gasteiger partial charge in [-0.1, -0.05) is 25.1 Å². The molecule has 102 valence electrons. The summed E-state index contributed by atoms with van der Waals surface area (Å²) in [5.41, 5.74) is 1.37. The number of amides is 1. The third kappa shape index (κ3) is 2.76. The lowest BCUT2D eigenvalue weighted by Gasteiger charge is -2.17. The van der Waals surface area contributed by atoms with Gasteiger partial charge in [0.25, 0.3) is 5.91 Å². The number of hydrogen-bond donors (Lipinski definition) is 1. The van der Waals surface area contributed by atoms with Crippen molar-refractivity contribution in [1.82, 2.24) is 0 Å². The van der Waals surface area contributed by atoms with Crippen LogP contribution < -0.4 is 4.90 Å². The van der Waals surface area contributed by atoms with Crippen LogP contribution >= 0.6 is 0 Å². The first-order chi connectivity index (χ1) is 9.15. The van der Waals surface area contributed by atoms with Crippen molar-refractivity contribution in [3.05, 3.63) is 29.8 Å². The van der Waals surface area contributed by atoms with Gasteiger partial charge >= 0.3 is 5.97 Å². The molecule has 1 heterocycles. The first kappa shape index (κ1) is 13.5. The zero-order chi connectivity index (χ0) is 13.8. The molecule has 0 radical (unpaired) electrons. The Hall–Kier alpha value is -1.88. The molecule has 0 bridgehead atoms. The van der Waals surface area contributed by atoms with Crippen LogP contribution in [0.2, 0.25) is 0 Å². The van der Waals surface area contributed by atoms with Crippen molar-refractivity contribution in [2.24, 2.45) is 0 Å². The molecule has 0 saturated heterocycles. The first-order valence-electron chi connectivity index (χ1n) is 6.35. The first-order valence-corrected chi connectivity index (χ1v) is 6.35. The van der Waals surface area contributed by atoms with Crippen molar-refractivity contribution in [2.75, 3.05) is 24.7 Å². The smallest absolute Gasteiger partial charge is 0.312 e. The quantitative estimate of drug-likeness (QED) is 0.820. The third-order valence-corrected chi connectivity index (χ3v) is 3.14. The van der Waals surface area contributed by atoms with E-state index in [2.05, 4.69) is 0 Å². The van der Waals surface area contributed by atoms with E-state index in [1.54, 1.807) is 24.3 Å². The highest BCUT2D eigenvalue weighted by molar-refractivity contribution is 5.99. The maximum Gasteiger partial charge on any atom is 0.312 e. The van der Waals surface area contributed by atoms with Crippen LogP contribution in [0, 0.1) is 0 Å². The highest BCUT2D eigenvalue weighted by Gasteiger charge is 2.36. The Morgan fingerprint density at radius 3 is 2.84 bits per heavy atom. The van der Waals surface area contributed by atoms with E-state index in [9.17, 15) is 14.7 Å². The Balaban J connectivity index is 2.15. The summed E-state index contributed by atoms with van der Waals surface area (Å²) in [5, 5.41) is 9.20. The van der Waals surface area contributed by atoms with Crippen LogP contribution in [0.3, 0.4) is 0 Å². The normalized spacial score (nSPS) is 17.3. The van der Waals surface area contributed by atoms with E-state index >= 15 is 0 Å². The summed E-state index contributed by atoms with van der Waals surface area (Å²) in [4.78, 5) is 24.8. The topological polar surface area (TPSA) is 66.8 Å². The largest absolute Gasteiger partial charge is 0.481 e. The summed E-state index contributed by atoms with van der Waals surface area (Å²) in [6.45, 7) is 2.68. The van der Waals surface area contributed by atoms with Gasteiger partial charge in [0.2, 0.25) is 0 Å². The molecule has 1 aromatic rings. The molecular weight excluding hydrogens is 246 g/mol. The molecule has 1 aliphatic rings. The minimum Gasteiger partial charge on any atom is -0.481 e. The summed E-state index contributed by atoms with van der Waals surface area (Å²) in [5.74, 6) is -1.74. The van der Waals surface area contributed by atoms with Crippen LogP contribution in [0.1, 0.15) is 24.8 Å². The fourth-order valence-electron chi connectivity index (χ4n) is 2.24. The second-order valence-corrected chi connectivity index (χ2v) is 4.51. The summed E-state index contributed by atoms with van der Waals surface area (Å²) in [6.07, 6.45) is 0.849. The van der Waals surface area contributed by atoms with Crippen LogP contribution in [0.15, 0.2) is 24.3 Å². The lowest BCUT2D eigenvalue weighted by atomic mass is 10.0. The fraction of sp³-hybridized carbons (Fsp3) is 0.429. The van der Waals surface area contributed by atoms with Crippen molar-refractivity contribution >= 4 is 17.6 Å². The van der Waals surface area contributed by atoms with Crippen LogP contribution in [0.25, 0.3) is 0 Å². The van der Waals surface area contributed by atoms with Crippen molar-refractivity contribution in [3.63, 3.8) is 0 Å². The molecule has 5 heteroatoms. The van der Waals surface area contributed by atoms with E-state index in [0.717, 1.165) is 6.42 Å². The molecule has 1 unspecified atom stereocenters. The fourth-order valence-corrected chi connectivity index (χ4v) is 2.24. The molecule has 5 nitrogen and oxygen atoms in total. The van der Waals surface area contributed by atoms with Crippen LogP contribution in [0.5, 0.6) is 0 Å². The molecule has 2 rings (SSSR count). The molecule has 0 aromatic heterocycles. The molecule has 0 saturated carbocycles. The molecule has 1 aliphatic heterocycles. The minimum atomic E-state index is -0.905. The van der Waals surface area contributed by atoms with E-state index in [1.165, 1.54) is 4.90 Å². The van der Waals surface area contributed by atoms with Gasteiger partial charge in [0.1, 0.15) is 12.5 Å². The van der Waals surface area contributed by atoms with Crippen molar-refractivity contribution in [3.8, 4) is 0 Å². The number of para-hydroxylation sites is 1. The number of ether oxygens (including phenoxy) is 1. The molecule has 1 amide bonds. The van der Waals surface area contributed by atoms with Crippen LogP contribution in [0.4, 0.5) is 5.69 Å². The lowest BCUT2D eigenvalue weighted by molar-refractivity contribution is -0.138. The number of nitrogens with zero attached hydrogens (tertiary/aromatic N) is 1. The predicted molar refractivity (Wildman–Crippen MR) is 70.3 cm³/mol. The maximum absolute atomic E-state index is 12.1. The van der Waals surface area contributed by atoms with Gasteiger partial charge in [-0.25, -0.2) is 0 Å². The highest BCUT2D eigenvalue weighted by atomic mass is 16.5. The Kier molecular flexibility index (Phi) is 4.16. The lowest BCUT2D eigenvalue weighted by Crippen LogP contribution is -2.34. The predicted octanol–water partition coefficient (Wildman–Crippen LogP) is 1.63. The van der Waals surface area contributed by atoms with Crippen molar-refractivity contribution in [1.29, 1.82) is 0 Å². The Morgan fingerprint density at radius 2 is 2.16 bits per heavy atom. The Bertz CT molecular complexity index is 486. The van der Waals surface area contributed by atoms with E-state index in [0.29, 0.717) is 17.9 Å². The zero-order valence-corrected chi connectivity index (χ0v) is 10.8. The summed E-state index contributed by atoms with van der Waals surface area (Å²) in [6, 6.07) is 7.12. The van der Waals surface area contributed by atoms with Gasteiger partial charge in [0.15, 0.2) is 0 Å². The number of aliphatic carboxylic acids is 1. The Morgan fingerprint density at radius 1 is 1.42 bits per heavy atom. The standard InChI is InChI=1S/C14H17NO4/c1-2-7-19-9-13(16)15-8-11(14(17)18)10-5-3-4-6-12(10)15/h3-6,11H,2,7-9H2,1H3,(H,17,18). The maximum atomic E-state index is 12.1. The van der Waals surface area contributed by atoms with E-state index < -0.39 is 11.9 Å². The molecular formula is C14H17NO4. The molecule has 0 aliphatic carbocycles. The number of anilines is 1. The average molecular weight is 263 g/mol. The minimum absolute atomic E-state index is 0.00544. The highest BCUT2D eigenvalue weighted by Crippen LogP contribution is 2.36. The third-order valence-electron chi connectivity index (χ3n) is 3.14. The van der Waals surface area contributed by atoms with Gasteiger partial charge in [-0.3, -0.25) is 9.59 Å². The van der Waals surface area contributed by atoms with Crippen molar-refractivity contribution in [2.45, 2.75) is 19.3 Å². The zero-order valence-electron chi connectivity index (χ0n) is 10.8. The Labute approximate surface area is 111 Å². The van der Waals surface area contributed by atoms with Gasteiger partial charge < -0.3 is 14.7 Å². The molecule has 1 aromatic carbocycles. The van der Waals surface area contributed by atoms with E-state index in [1.807, 2.05) is 6.92 Å². The number of carbonyl (C=O) groups excluding carboxylic acids is 1. The number of rotatable bonds is 5. The molecule has 0 spiro atoms. The van der Waals surface area contributed by atoms with Gasteiger partial charge in [0.05, 0.1) is 0 Å². The van der Waals surface area contributed by atoms with Crippen molar-refractivity contribution < 1.29 is 19.4 Å². The van der Waals surface area contributed by atoms with Gasteiger partial charge in [-0.15, -0.1) is 0 Å². The average Bonchev–Trinajstić information content (AvgIpc) is 2.78. The molecule has 0 fully saturated rings. The number of carboxylic acids is 1. The van der Waals surface area contributed by atoms with Gasteiger partial charge in [-0.2, -0.15) is 0 Å². The van der Waals surface area contributed by atoms with E-state index in [4.69, 9.17) is 4.74 Å². The molecule has 19 heavy (non-hydrogen) atoms.